The molecule has 6 nitrogen and oxygen atoms in total. The summed E-state index contributed by atoms with van der Waals surface area (Å²) in [5.74, 6) is 0.158. The lowest BCUT2D eigenvalue weighted by Crippen LogP contribution is -2.30. The molecule has 2 heterocycles. The number of methoxy groups -OCH3 is 1. The molecule has 2 aromatic heterocycles. The maximum absolute atomic E-state index is 14.2. The Morgan fingerprint density at radius 1 is 1.16 bits per heavy atom. The molecule has 1 aliphatic carbocycles. The molecular weight excluding hydrogens is 407 g/mol. The van der Waals surface area contributed by atoms with Gasteiger partial charge in [0.05, 0.1) is 30.1 Å². The molecule has 1 N–H and O–H groups in total. The standard InChI is InChI=1S/C17H16F2N4O.C5H4FN/c1-24-17-11(8-20)2-3-13(19)16(17)14-4-5-15(23-22-14)21-9-10-6-12(18)7-10;6-5-2-1-3-7-4-5/h2-5,10,12H,6-7,9H2,1H3,(H,21,23);1-4H. The fourth-order valence-electron chi connectivity index (χ4n) is 3.07. The lowest BCUT2D eigenvalue weighted by molar-refractivity contribution is 0.140. The highest BCUT2D eigenvalue weighted by molar-refractivity contribution is 5.72. The zero-order valence-electron chi connectivity index (χ0n) is 16.7. The highest BCUT2D eigenvalue weighted by Gasteiger charge is 2.28. The first-order valence-electron chi connectivity index (χ1n) is 9.56. The van der Waals surface area contributed by atoms with Crippen molar-refractivity contribution in [3.05, 3.63) is 66.0 Å². The maximum Gasteiger partial charge on any atom is 0.149 e. The van der Waals surface area contributed by atoms with Gasteiger partial charge in [-0.05, 0) is 55.2 Å². The average molecular weight is 427 g/mol. The first-order chi connectivity index (χ1) is 15.0. The predicted molar refractivity (Wildman–Crippen MR) is 109 cm³/mol. The Bertz CT molecular complexity index is 1040. The number of ether oxygens (including phenoxy) is 1. The van der Waals surface area contributed by atoms with Crippen molar-refractivity contribution in [2.24, 2.45) is 5.92 Å². The third-order valence-electron chi connectivity index (χ3n) is 4.73. The van der Waals surface area contributed by atoms with Gasteiger partial charge in [0, 0.05) is 12.7 Å². The molecule has 0 atom stereocenters. The van der Waals surface area contributed by atoms with E-state index in [2.05, 4.69) is 20.5 Å². The zero-order valence-corrected chi connectivity index (χ0v) is 16.7. The van der Waals surface area contributed by atoms with E-state index in [9.17, 15) is 13.2 Å². The highest BCUT2D eigenvalue weighted by atomic mass is 19.1. The summed E-state index contributed by atoms with van der Waals surface area (Å²) in [5, 5.41) is 20.2. The van der Waals surface area contributed by atoms with Crippen LogP contribution in [-0.4, -0.2) is 35.0 Å². The lowest BCUT2D eigenvalue weighted by atomic mass is 9.83. The van der Waals surface area contributed by atoms with E-state index in [0.717, 1.165) is 0 Å². The highest BCUT2D eigenvalue weighted by Crippen LogP contribution is 2.34. The Morgan fingerprint density at radius 2 is 1.97 bits per heavy atom. The number of pyridine rings is 1. The minimum absolute atomic E-state index is 0.106. The molecule has 160 valence electrons. The molecule has 0 bridgehead atoms. The van der Waals surface area contributed by atoms with Gasteiger partial charge >= 0.3 is 0 Å². The number of nitriles is 1. The molecule has 1 aliphatic rings. The Labute approximate surface area is 177 Å². The van der Waals surface area contributed by atoms with Crippen LogP contribution < -0.4 is 10.1 Å². The second-order valence-corrected chi connectivity index (χ2v) is 6.91. The summed E-state index contributed by atoms with van der Waals surface area (Å²) in [6.07, 6.45) is 3.15. The van der Waals surface area contributed by atoms with Crippen molar-refractivity contribution in [1.82, 2.24) is 15.2 Å². The number of aromatic nitrogens is 3. The van der Waals surface area contributed by atoms with Crippen molar-refractivity contribution >= 4 is 5.82 Å². The van der Waals surface area contributed by atoms with Crippen LogP contribution in [0, 0.1) is 28.9 Å². The molecule has 0 spiro atoms. The second-order valence-electron chi connectivity index (χ2n) is 6.91. The Kier molecular flexibility index (Phi) is 7.38. The summed E-state index contributed by atoms with van der Waals surface area (Å²) < 4.78 is 44.0. The zero-order chi connectivity index (χ0) is 22.2. The van der Waals surface area contributed by atoms with Crippen LogP contribution in [0.4, 0.5) is 19.0 Å². The molecule has 4 rings (SSSR count). The topological polar surface area (TPSA) is 83.7 Å². The van der Waals surface area contributed by atoms with Crippen molar-refractivity contribution in [3.63, 3.8) is 0 Å². The second kappa shape index (κ2) is 10.4. The Balaban J connectivity index is 0.000000330. The van der Waals surface area contributed by atoms with Gasteiger partial charge in [-0.15, -0.1) is 10.2 Å². The van der Waals surface area contributed by atoms with Gasteiger partial charge in [0.1, 0.15) is 35.4 Å². The van der Waals surface area contributed by atoms with Crippen molar-refractivity contribution in [3.8, 4) is 23.1 Å². The third kappa shape index (κ3) is 5.69. The molecule has 0 unspecified atom stereocenters. The van der Waals surface area contributed by atoms with Gasteiger partial charge in [0.25, 0.3) is 0 Å². The van der Waals surface area contributed by atoms with Gasteiger partial charge in [-0.1, -0.05) is 0 Å². The number of hydrogen-bond acceptors (Lipinski definition) is 6. The first kappa shape index (κ1) is 22.0. The molecule has 3 aromatic rings. The van der Waals surface area contributed by atoms with Crippen LogP contribution in [0.1, 0.15) is 18.4 Å². The molecule has 1 saturated carbocycles. The minimum Gasteiger partial charge on any atom is -0.495 e. The maximum atomic E-state index is 14.2. The summed E-state index contributed by atoms with van der Waals surface area (Å²) in [6, 6.07) is 10.7. The molecule has 31 heavy (non-hydrogen) atoms. The molecular formula is C22H20F3N5O. The fraction of sp³-hybridized carbons (Fsp3) is 0.273. The third-order valence-corrected chi connectivity index (χ3v) is 4.73. The van der Waals surface area contributed by atoms with E-state index in [1.54, 1.807) is 18.2 Å². The van der Waals surface area contributed by atoms with Crippen molar-refractivity contribution < 1.29 is 17.9 Å². The van der Waals surface area contributed by atoms with Crippen LogP contribution in [-0.2, 0) is 0 Å². The van der Waals surface area contributed by atoms with Gasteiger partial charge < -0.3 is 10.1 Å². The van der Waals surface area contributed by atoms with Crippen molar-refractivity contribution in [2.45, 2.75) is 19.0 Å². The Morgan fingerprint density at radius 3 is 2.48 bits per heavy atom. The van der Waals surface area contributed by atoms with Crippen LogP contribution in [0.2, 0.25) is 0 Å². The van der Waals surface area contributed by atoms with E-state index in [0.29, 0.717) is 31.1 Å². The number of anilines is 1. The monoisotopic (exact) mass is 427 g/mol. The van der Waals surface area contributed by atoms with Crippen LogP contribution in [0.3, 0.4) is 0 Å². The number of benzene rings is 1. The van der Waals surface area contributed by atoms with Crippen LogP contribution >= 0.6 is 0 Å². The summed E-state index contributed by atoms with van der Waals surface area (Å²) in [6.45, 7) is 0.635. The number of alkyl halides is 1. The van der Waals surface area contributed by atoms with Crippen LogP contribution in [0.25, 0.3) is 11.3 Å². The van der Waals surface area contributed by atoms with Gasteiger partial charge in [-0.2, -0.15) is 5.26 Å². The van der Waals surface area contributed by atoms with E-state index < -0.39 is 12.0 Å². The normalized spacial score (nSPS) is 16.9. The van der Waals surface area contributed by atoms with Gasteiger partial charge in [0.2, 0.25) is 0 Å². The molecule has 0 aliphatic heterocycles. The van der Waals surface area contributed by atoms with Crippen molar-refractivity contribution in [2.75, 3.05) is 19.0 Å². The molecule has 1 fully saturated rings. The van der Waals surface area contributed by atoms with E-state index in [-0.39, 0.29) is 28.4 Å². The van der Waals surface area contributed by atoms with E-state index in [4.69, 9.17) is 10.00 Å². The quantitative estimate of drug-likeness (QED) is 0.644. The summed E-state index contributed by atoms with van der Waals surface area (Å²) in [5.41, 5.74) is 0.609. The Hall–Kier alpha value is -3.67. The summed E-state index contributed by atoms with van der Waals surface area (Å²) >= 11 is 0. The average Bonchev–Trinajstić information content (AvgIpc) is 2.77. The molecule has 0 saturated heterocycles. The number of nitrogens with zero attached hydrogens (tertiary/aromatic N) is 4. The smallest absolute Gasteiger partial charge is 0.149 e. The van der Waals surface area contributed by atoms with Crippen molar-refractivity contribution in [1.29, 1.82) is 5.26 Å². The minimum atomic E-state index is -0.687. The number of rotatable bonds is 5. The fourth-order valence-corrected chi connectivity index (χ4v) is 3.07. The summed E-state index contributed by atoms with van der Waals surface area (Å²) in [4.78, 5) is 3.51. The number of nitrogens with one attached hydrogen (secondary N) is 1. The SMILES string of the molecule is COc1c(C#N)ccc(F)c1-c1ccc(NCC2CC(F)C2)nn1.Fc1cccnc1. The summed E-state index contributed by atoms with van der Waals surface area (Å²) in [7, 11) is 1.37. The first-order valence-corrected chi connectivity index (χ1v) is 9.56. The van der Waals surface area contributed by atoms with Gasteiger partial charge in [-0.3, -0.25) is 4.98 Å². The predicted octanol–water partition coefficient (Wildman–Crippen LogP) is 4.54. The molecule has 0 amide bonds. The van der Waals surface area contributed by atoms with Gasteiger partial charge in [0.15, 0.2) is 0 Å². The number of hydrogen-bond donors (Lipinski definition) is 1. The molecule has 0 radical (unpaired) electrons. The molecule has 9 heteroatoms. The lowest BCUT2D eigenvalue weighted by Gasteiger charge is -2.29. The van der Waals surface area contributed by atoms with E-state index in [1.807, 2.05) is 6.07 Å². The van der Waals surface area contributed by atoms with Gasteiger partial charge in [-0.25, -0.2) is 13.2 Å². The van der Waals surface area contributed by atoms with E-state index in [1.165, 1.54) is 37.7 Å². The van der Waals surface area contributed by atoms with E-state index >= 15 is 0 Å². The van der Waals surface area contributed by atoms with Crippen LogP contribution in [0.15, 0.2) is 48.8 Å². The van der Waals surface area contributed by atoms with Crippen LogP contribution in [0.5, 0.6) is 5.75 Å². The molecule has 1 aromatic carbocycles. The number of halogens is 3. The largest absolute Gasteiger partial charge is 0.495 e.